The minimum atomic E-state index is -0.221. The molecule has 2 N–H and O–H groups in total. The molecule has 2 aromatic rings. The normalized spacial score (nSPS) is 18.7. The number of hydrogen-bond donors (Lipinski definition) is 2. The summed E-state index contributed by atoms with van der Waals surface area (Å²) in [6.07, 6.45) is 2.10. The van der Waals surface area contributed by atoms with Crippen LogP contribution >= 0.6 is 15.9 Å². The Morgan fingerprint density at radius 2 is 2.21 bits per heavy atom. The summed E-state index contributed by atoms with van der Waals surface area (Å²) in [5, 5.41) is 14.3. The molecule has 0 radical (unpaired) electrons. The van der Waals surface area contributed by atoms with Crippen molar-refractivity contribution >= 4 is 26.9 Å². The zero-order valence-corrected chi connectivity index (χ0v) is 12.5. The monoisotopic (exact) mass is 323 g/mol. The van der Waals surface area contributed by atoms with E-state index < -0.39 is 0 Å². The van der Waals surface area contributed by atoms with Gasteiger partial charge in [0.1, 0.15) is 11.3 Å². The van der Waals surface area contributed by atoms with Gasteiger partial charge in [-0.15, -0.1) is 0 Å². The number of furan rings is 1. The van der Waals surface area contributed by atoms with E-state index in [0.29, 0.717) is 12.5 Å². The maximum atomic E-state index is 9.86. The zero-order valence-electron chi connectivity index (χ0n) is 10.9. The number of benzene rings is 1. The van der Waals surface area contributed by atoms with E-state index >= 15 is 0 Å². The molecule has 2 unspecified atom stereocenters. The predicted octanol–water partition coefficient (Wildman–Crippen LogP) is 3.62. The largest absolute Gasteiger partial charge is 0.459 e. The molecule has 2 atom stereocenters. The maximum Gasteiger partial charge on any atom is 0.134 e. The molecular formula is C15H18BrNO2. The van der Waals surface area contributed by atoms with Gasteiger partial charge in [-0.1, -0.05) is 15.9 Å². The summed E-state index contributed by atoms with van der Waals surface area (Å²) < 4.78 is 6.88. The lowest BCUT2D eigenvalue weighted by Gasteiger charge is -2.14. The number of aliphatic hydroxyl groups excluding tert-OH is 1. The first-order chi connectivity index (χ1) is 9.13. The predicted molar refractivity (Wildman–Crippen MR) is 79.1 cm³/mol. The maximum absolute atomic E-state index is 9.86. The Hall–Kier alpha value is -0.840. The molecule has 1 aliphatic rings. The standard InChI is InChI=1S/C15H18BrNO2/c1-9(17-8-13(18)10-2-3-10)15-7-11-6-12(16)4-5-14(11)19-15/h4-7,9-10,13,17-18H,2-3,8H2,1H3. The van der Waals surface area contributed by atoms with Gasteiger partial charge in [-0.05, 0) is 49.9 Å². The Balaban J connectivity index is 1.68. The van der Waals surface area contributed by atoms with E-state index in [-0.39, 0.29) is 12.1 Å². The van der Waals surface area contributed by atoms with E-state index in [2.05, 4.69) is 34.2 Å². The highest BCUT2D eigenvalue weighted by molar-refractivity contribution is 9.10. The third-order valence-corrected chi connectivity index (χ3v) is 4.22. The lowest BCUT2D eigenvalue weighted by atomic mass is 10.2. The van der Waals surface area contributed by atoms with Gasteiger partial charge < -0.3 is 14.8 Å². The smallest absolute Gasteiger partial charge is 0.134 e. The van der Waals surface area contributed by atoms with E-state index in [4.69, 9.17) is 4.42 Å². The van der Waals surface area contributed by atoms with Gasteiger partial charge in [-0.3, -0.25) is 0 Å². The van der Waals surface area contributed by atoms with Crippen molar-refractivity contribution in [1.29, 1.82) is 0 Å². The summed E-state index contributed by atoms with van der Waals surface area (Å²) in [6, 6.07) is 8.16. The van der Waals surface area contributed by atoms with Crippen LogP contribution in [0.25, 0.3) is 11.0 Å². The lowest BCUT2D eigenvalue weighted by molar-refractivity contribution is 0.144. The van der Waals surface area contributed by atoms with Crippen LogP contribution in [0.2, 0.25) is 0 Å². The number of halogens is 1. The fraction of sp³-hybridized carbons (Fsp3) is 0.467. The summed E-state index contributed by atoms with van der Waals surface area (Å²) >= 11 is 3.46. The number of fused-ring (bicyclic) bond motifs is 1. The van der Waals surface area contributed by atoms with Gasteiger partial charge in [0.25, 0.3) is 0 Å². The van der Waals surface area contributed by atoms with E-state index in [1.807, 2.05) is 18.2 Å². The summed E-state index contributed by atoms with van der Waals surface area (Å²) in [5.74, 6) is 1.42. The minimum absolute atomic E-state index is 0.111. The summed E-state index contributed by atoms with van der Waals surface area (Å²) in [4.78, 5) is 0. The highest BCUT2D eigenvalue weighted by Crippen LogP contribution is 2.32. The van der Waals surface area contributed by atoms with Crippen molar-refractivity contribution < 1.29 is 9.52 Å². The van der Waals surface area contributed by atoms with Crippen LogP contribution in [-0.2, 0) is 0 Å². The Bertz CT molecular complexity index is 577. The van der Waals surface area contributed by atoms with Crippen molar-refractivity contribution in [3.8, 4) is 0 Å². The van der Waals surface area contributed by atoms with Crippen LogP contribution in [0, 0.1) is 5.92 Å². The van der Waals surface area contributed by atoms with Crippen molar-refractivity contribution in [2.24, 2.45) is 5.92 Å². The second kappa shape index (κ2) is 5.27. The highest BCUT2D eigenvalue weighted by atomic mass is 79.9. The average Bonchev–Trinajstić information content (AvgIpc) is 3.15. The Morgan fingerprint density at radius 1 is 1.42 bits per heavy atom. The molecule has 3 rings (SSSR count). The first-order valence-electron chi connectivity index (χ1n) is 6.74. The number of hydrogen-bond acceptors (Lipinski definition) is 3. The summed E-state index contributed by atoms with van der Waals surface area (Å²) in [7, 11) is 0. The lowest BCUT2D eigenvalue weighted by Crippen LogP contribution is -2.30. The molecule has 102 valence electrons. The molecule has 1 aromatic heterocycles. The van der Waals surface area contributed by atoms with E-state index in [1.165, 1.54) is 0 Å². The number of nitrogens with one attached hydrogen (secondary N) is 1. The van der Waals surface area contributed by atoms with Crippen molar-refractivity contribution in [2.45, 2.75) is 31.9 Å². The molecule has 0 spiro atoms. The molecule has 3 nitrogen and oxygen atoms in total. The van der Waals surface area contributed by atoms with Crippen LogP contribution in [-0.4, -0.2) is 17.8 Å². The van der Waals surface area contributed by atoms with Crippen LogP contribution in [0.4, 0.5) is 0 Å². The molecule has 0 saturated heterocycles. The third kappa shape index (κ3) is 3.02. The SMILES string of the molecule is CC(NCC(O)C1CC1)c1cc2cc(Br)ccc2o1. The quantitative estimate of drug-likeness (QED) is 0.883. The first kappa shape index (κ1) is 13.2. The van der Waals surface area contributed by atoms with Gasteiger partial charge in [0, 0.05) is 16.4 Å². The molecule has 0 aliphatic heterocycles. The molecule has 4 heteroatoms. The van der Waals surface area contributed by atoms with Crippen molar-refractivity contribution in [2.75, 3.05) is 6.54 Å². The third-order valence-electron chi connectivity index (χ3n) is 3.72. The van der Waals surface area contributed by atoms with Gasteiger partial charge in [-0.2, -0.15) is 0 Å². The second-order valence-corrected chi connectivity index (χ2v) is 6.28. The zero-order chi connectivity index (χ0) is 13.4. The van der Waals surface area contributed by atoms with Gasteiger partial charge in [0.2, 0.25) is 0 Å². The topological polar surface area (TPSA) is 45.4 Å². The fourth-order valence-electron chi connectivity index (χ4n) is 2.29. The molecular weight excluding hydrogens is 306 g/mol. The van der Waals surface area contributed by atoms with Crippen LogP contribution in [0.5, 0.6) is 0 Å². The minimum Gasteiger partial charge on any atom is -0.459 e. The van der Waals surface area contributed by atoms with Crippen LogP contribution in [0.15, 0.2) is 33.2 Å². The van der Waals surface area contributed by atoms with Crippen LogP contribution in [0.3, 0.4) is 0 Å². The van der Waals surface area contributed by atoms with Crippen molar-refractivity contribution in [3.05, 3.63) is 34.5 Å². The van der Waals surface area contributed by atoms with Gasteiger partial charge in [0.15, 0.2) is 0 Å². The summed E-state index contributed by atoms with van der Waals surface area (Å²) in [6.45, 7) is 2.69. The average molecular weight is 324 g/mol. The second-order valence-electron chi connectivity index (χ2n) is 5.37. The van der Waals surface area contributed by atoms with Gasteiger partial charge in [0.05, 0.1) is 12.1 Å². The number of aliphatic hydroxyl groups is 1. The Labute approximate surface area is 121 Å². The van der Waals surface area contributed by atoms with Gasteiger partial charge in [-0.25, -0.2) is 0 Å². The highest BCUT2D eigenvalue weighted by Gasteiger charge is 2.29. The fourth-order valence-corrected chi connectivity index (χ4v) is 2.67. The Kier molecular flexibility index (Phi) is 3.65. The van der Waals surface area contributed by atoms with Crippen molar-refractivity contribution in [3.63, 3.8) is 0 Å². The molecule has 1 heterocycles. The number of rotatable bonds is 5. The molecule has 1 aromatic carbocycles. The molecule has 1 aliphatic carbocycles. The first-order valence-corrected chi connectivity index (χ1v) is 7.53. The molecule has 0 amide bonds. The molecule has 1 saturated carbocycles. The molecule has 1 fully saturated rings. The van der Waals surface area contributed by atoms with Crippen LogP contribution in [0.1, 0.15) is 31.6 Å². The molecule has 0 bridgehead atoms. The molecule has 19 heavy (non-hydrogen) atoms. The summed E-state index contributed by atoms with van der Waals surface area (Å²) in [5.41, 5.74) is 0.898. The Morgan fingerprint density at radius 3 is 2.95 bits per heavy atom. The van der Waals surface area contributed by atoms with E-state index in [9.17, 15) is 5.11 Å². The van der Waals surface area contributed by atoms with E-state index in [1.54, 1.807) is 0 Å². The van der Waals surface area contributed by atoms with E-state index in [0.717, 1.165) is 34.0 Å². The van der Waals surface area contributed by atoms with Gasteiger partial charge >= 0.3 is 0 Å². The van der Waals surface area contributed by atoms with Crippen molar-refractivity contribution in [1.82, 2.24) is 5.32 Å². The van der Waals surface area contributed by atoms with Crippen LogP contribution < -0.4 is 5.32 Å².